The van der Waals surface area contributed by atoms with Crippen LogP contribution in [0.25, 0.3) is 0 Å². The molecule has 1 atom stereocenters. The van der Waals surface area contributed by atoms with Gasteiger partial charge in [0.2, 0.25) is 5.91 Å². The molecular weight excluding hydrogens is 356 g/mol. The summed E-state index contributed by atoms with van der Waals surface area (Å²) in [5.41, 5.74) is 1.41. The van der Waals surface area contributed by atoms with Gasteiger partial charge in [0.15, 0.2) is 0 Å². The Labute approximate surface area is 177 Å². The second-order valence-corrected chi connectivity index (χ2v) is 9.85. The maximum Gasteiger partial charge on any atom is 0.223 e. The molecule has 3 heteroatoms. The highest BCUT2D eigenvalue weighted by Crippen LogP contribution is 2.40. The SMILES string of the molecule is O=C(NC1CCN(CCc2ccccc2)C1)C(C1CCCCC1)C1CCCCC1. The molecule has 2 saturated carbocycles. The van der Waals surface area contributed by atoms with E-state index in [0.29, 0.717) is 23.8 Å². The second-order valence-electron chi connectivity index (χ2n) is 9.85. The van der Waals surface area contributed by atoms with E-state index in [4.69, 9.17) is 0 Å². The lowest BCUT2D eigenvalue weighted by atomic mass is 9.69. The van der Waals surface area contributed by atoms with E-state index >= 15 is 0 Å². The fourth-order valence-electron chi connectivity index (χ4n) is 6.18. The van der Waals surface area contributed by atoms with Crippen LogP contribution < -0.4 is 5.32 Å². The molecule has 1 unspecified atom stereocenters. The molecule has 1 aliphatic heterocycles. The van der Waals surface area contributed by atoms with E-state index in [1.165, 1.54) is 69.8 Å². The molecule has 29 heavy (non-hydrogen) atoms. The Hall–Kier alpha value is -1.35. The molecule has 2 aliphatic carbocycles. The van der Waals surface area contributed by atoms with Crippen molar-refractivity contribution in [1.29, 1.82) is 0 Å². The van der Waals surface area contributed by atoms with Gasteiger partial charge in [-0.2, -0.15) is 0 Å². The van der Waals surface area contributed by atoms with Crippen molar-refractivity contribution in [3.05, 3.63) is 35.9 Å². The molecule has 1 saturated heterocycles. The first kappa shape index (κ1) is 20.9. The maximum atomic E-state index is 13.5. The summed E-state index contributed by atoms with van der Waals surface area (Å²) in [6.45, 7) is 3.25. The van der Waals surface area contributed by atoms with Crippen molar-refractivity contribution in [2.75, 3.05) is 19.6 Å². The molecule has 4 rings (SSSR count). The van der Waals surface area contributed by atoms with Gasteiger partial charge in [0.1, 0.15) is 0 Å². The highest BCUT2D eigenvalue weighted by Gasteiger charge is 2.37. The minimum atomic E-state index is 0.286. The number of hydrogen-bond acceptors (Lipinski definition) is 2. The van der Waals surface area contributed by atoms with E-state index in [1.54, 1.807) is 0 Å². The van der Waals surface area contributed by atoms with Crippen molar-refractivity contribution >= 4 is 5.91 Å². The van der Waals surface area contributed by atoms with Gasteiger partial charge in [-0.25, -0.2) is 0 Å². The van der Waals surface area contributed by atoms with Crippen LogP contribution in [0, 0.1) is 17.8 Å². The highest BCUT2D eigenvalue weighted by molar-refractivity contribution is 5.79. The summed E-state index contributed by atoms with van der Waals surface area (Å²) >= 11 is 0. The van der Waals surface area contributed by atoms with Gasteiger partial charge in [-0.3, -0.25) is 4.79 Å². The van der Waals surface area contributed by atoms with Gasteiger partial charge in [-0.1, -0.05) is 68.9 Å². The molecule has 0 bridgehead atoms. The number of benzene rings is 1. The smallest absolute Gasteiger partial charge is 0.223 e. The van der Waals surface area contributed by atoms with Gasteiger partial charge in [0.05, 0.1) is 0 Å². The Morgan fingerprint density at radius 1 is 0.897 bits per heavy atom. The van der Waals surface area contributed by atoms with Crippen molar-refractivity contribution in [3.63, 3.8) is 0 Å². The summed E-state index contributed by atoms with van der Waals surface area (Å²) in [5.74, 6) is 1.97. The molecule has 3 aliphatic rings. The second kappa shape index (κ2) is 10.6. The molecular formula is C26H40N2O. The third kappa shape index (κ3) is 5.84. The van der Waals surface area contributed by atoms with Gasteiger partial charge >= 0.3 is 0 Å². The molecule has 3 nitrogen and oxygen atoms in total. The van der Waals surface area contributed by atoms with Crippen LogP contribution in [0.15, 0.2) is 30.3 Å². The number of nitrogens with one attached hydrogen (secondary N) is 1. The van der Waals surface area contributed by atoms with Gasteiger partial charge in [0.25, 0.3) is 0 Å². The van der Waals surface area contributed by atoms with Crippen molar-refractivity contribution in [1.82, 2.24) is 10.2 Å². The fraction of sp³-hybridized carbons (Fsp3) is 0.731. The quantitative estimate of drug-likeness (QED) is 0.687. The summed E-state index contributed by atoms with van der Waals surface area (Å²) in [6, 6.07) is 11.1. The van der Waals surface area contributed by atoms with Crippen molar-refractivity contribution in [2.24, 2.45) is 17.8 Å². The van der Waals surface area contributed by atoms with Crippen LogP contribution in [-0.4, -0.2) is 36.5 Å². The van der Waals surface area contributed by atoms with E-state index in [0.717, 1.165) is 32.5 Å². The van der Waals surface area contributed by atoms with E-state index in [2.05, 4.69) is 40.5 Å². The Balaban J connectivity index is 1.30. The zero-order valence-electron chi connectivity index (χ0n) is 18.2. The van der Waals surface area contributed by atoms with Gasteiger partial charge < -0.3 is 10.2 Å². The number of nitrogens with zero attached hydrogens (tertiary/aromatic N) is 1. The van der Waals surface area contributed by atoms with E-state index in [9.17, 15) is 4.79 Å². The molecule has 1 amide bonds. The first-order valence-electron chi connectivity index (χ1n) is 12.4. The number of amides is 1. The predicted molar refractivity (Wildman–Crippen MR) is 120 cm³/mol. The molecule has 0 aromatic heterocycles. The Morgan fingerprint density at radius 2 is 1.52 bits per heavy atom. The monoisotopic (exact) mass is 396 g/mol. The zero-order chi connectivity index (χ0) is 19.9. The highest BCUT2D eigenvalue weighted by atomic mass is 16.2. The third-order valence-electron chi connectivity index (χ3n) is 7.80. The van der Waals surface area contributed by atoms with Crippen LogP contribution in [-0.2, 0) is 11.2 Å². The molecule has 1 aromatic rings. The summed E-state index contributed by atoms with van der Waals surface area (Å²) in [6.07, 6.45) is 15.4. The number of carbonyl (C=O) groups is 1. The summed E-state index contributed by atoms with van der Waals surface area (Å²) in [7, 11) is 0. The van der Waals surface area contributed by atoms with Crippen LogP contribution in [0.5, 0.6) is 0 Å². The normalized spacial score (nSPS) is 24.8. The lowest BCUT2D eigenvalue weighted by Gasteiger charge is -2.37. The lowest BCUT2D eigenvalue weighted by molar-refractivity contribution is -0.130. The molecule has 0 radical (unpaired) electrons. The topological polar surface area (TPSA) is 32.3 Å². The molecule has 1 heterocycles. The van der Waals surface area contributed by atoms with Crippen LogP contribution in [0.2, 0.25) is 0 Å². The average molecular weight is 397 g/mol. The molecule has 1 aromatic carbocycles. The first-order valence-corrected chi connectivity index (χ1v) is 12.4. The van der Waals surface area contributed by atoms with Crippen molar-refractivity contribution in [3.8, 4) is 0 Å². The van der Waals surface area contributed by atoms with Gasteiger partial charge in [-0.15, -0.1) is 0 Å². The number of likely N-dealkylation sites (tertiary alicyclic amines) is 1. The minimum absolute atomic E-state index is 0.286. The first-order chi connectivity index (χ1) is 14.3. The standard InChI is InChI=1S/C26H40N2O/c29-26(25(22-12-6-2-7-13-22)23-14-8-3-9-15-23)27-24-17-19-28(20-24)18-16-21-10-4-1-5-11-21/h1,4-5,10-11,22-25H,2-3,6-9,12-20H2,(H,27,29). The van der Waals surface area contributed by atoms with Gasteiger partial charge in [-0.05, 0) is 55.9 Å². The maximum absolute atomic E-state index is 13.5. The molecule has 3 fully saturated rings. The molecule has 1 N–H and O–H groups in total. The summed E-state index contributed by atoms with van der Waals surface area (Å²) in [4.78, 5) is 16.0. The Bertz CT molecular complexity index is 601. The van der Waals surface area contributed by atoms with Crippen LogP contribution in [0.3, 0.4) is 0 Å². The predicted octanol–water partition coefficient (Wildman–Crippen LogP) is 5.20. The Morgan fingerprint density at radius 3 is 2.14 bits per heavy atom. The number of carbonyl (C=O) groups excluding carboxylic acids is 1. The fourth-order valence-corrected chi connectivity index (χ4v) is 6.18. The summed E-state index contributed by atoms with van der Waals surface area (Å²) < 4.78 is 0. The van der Waals surface area contributed by atoms with Crippen molar-refractivity contribution in [2.45, 2.75) is 83.1 Å². The summed E-state index contributed by atoms with van der Waals surface area (Å²) in [5, 5.41) is 3.52. The number of rotatable bonds is 7. The van der Waals surface area contributed by atoms with Gasteiger partial charge in [0, 0.05) is 31.6 Å². The van der Waals surface area contributed by atoms with E-state index in [1.807, 2.05) is 0 Å². The Kier molecular flexibility index (Phi) is 7.65. The van der Waals surface area contributed by atoms with E-state index < -0.39 is 0 Å². The average Bonchev–Trinajstić information content (AvgIpc) is 3.22. The lowest BCUT2D eigenvalue weighted by Crippen LogP contribution is -2.46. The van der Waals surface area contributed by atoms with Crippen LogP contribution in [0.4, 0.5) is 0 Å². The van der Waals surface area contributed by atoms with E-state index in [-0.39, 0.29) is 5.92 Å². The zero-order valence-corrected chi connectivity index (χ0v) is 18.2. The largest absolute Gasteiger partial charge is 0.352 e. The number of hydrogen-bond donors (Lipinski definition) is 1. The van der Waals surface area contributed by atoms with Crippen molar-refractivity contribution < 1.29 is 4.79 Å². The molecule has 0 spiro atoms. The van der Waals surface area contributed by atoms with Crippen LogP contribution in [0.1, 0.15) is 76.2 Å². The third-order valence-corrected chi connectivity index (χ3v) is 7.80. The molecule has 160 valence electrons. The van der Waals surface area contributed by atoms with Crippen LogP contribution >= 0.6 is 0 Å². The minimum Gasteiger partial charge on any atom is -0.352 e.